The highest BCUT2D eigenvalue weighted by molar-refractivity contribution is 6.30. The zero-order chi connectivity index (χ0) is 25.9. The van der Waals surface area contributed by atoms with Crippen molar-refractivity contribution in [1.29, 1.82) is 0 Å². The van der Waals surface area contributed by atoms with E-state index in [1.54, 1.807) is 24.3 Å². The highest BCUT2D eigenvalue weighted by Gasteiger charge is 2.38. The van der Waals surface area contributed by atoms with Crippen LogP contribution in [0.1, 0.15) is 97.8 Å². The van der Waals surface area contributed by atoms with E-state index in [2.05, 4.69) is 52.0 Å². The van der Waals surface area contributed by atoms with Crippen molar-refractivity contribution in [3.63, 3.8) is 0 Å². The molecule has 0 unspecified atom stereocenters. The van der Waals surface area contributed by atoms with Crippen LogP contribution in [0.15, 0.2) is 54.6 Å². The Morgan fingerprint density at radius 3 is 1.91 bits per heavy atom. The second-order valence-electron chi connectivity index (χ2n) is 8.40. The fourth-order valence-electron chi connectivity index (χ4n) is 3.71. The largest absolute Gasteiger partial charge is 0.457 e. The first kappa shape index (κ1) is 31.9. The van der Waals surface area contributed by atoms with Gasteiger partial charge in [-0.25, -0.2) is 0 Å². The summed E-state index contributed by atoms with van der Waals surface area (Å²) in [5.41, 5.74) is 2.22. The monoisotopic (exact) mass is 488 g/mol. The van der Waals surface area contributed by atoms with E-state index in [4.69, 9.17) is 16.3 Å². The van der Waals surface area contributed by atoms with Gasteiger partial charge in [0.2, 0.25) is 0 Å². The van der Waals surface area contributed by atoms with Crippen molar-refractivity contribution in [2.75, 3.05) is 0 Å². The molecule has 190 valence electrons. The number of ketones is 1. The van der Waals surface area contributed by atoms with Crippen LogP contribution in [-0.4, -0.2) is 11.8 Å². The first-order valence-electron chi connectivity index (χ1n) is 12.8. The van der Waals surface area contributed by atoms with E-state index >= 15 is 0 Å². The summed E-state index contributed by atoms with van der Waals surface area (Å²) in [6, 6.07) is 17.5. The lowest BCUT2D eigenvalue weighted by atomic mass is 9.92. The van der Waals surface area contributed by atoms with Gasteiger partial charge in [-0.3, -0.25) is 9.59 Å². The van der Waals surface area contributed by atoms with E-state index in [1.807, 2.05) is 19.9 Å². The molecule has 2 atom stereocenters. The Balaban J connectivity index is 0.000000512. The fourth-order valence-corrected chi connectivity index (χ4v) is 3.84. The molecule has 0 saturated carbocycles. The molecule has 1 fully saturated rings. The molecule has 0 radical (unpaired) electrons. The summed E-state index contributed by atoms with van der Waals surface area (Å²) < 4.78 is 5.16. The number of hydrogen-bond donors (Lipinski definition) is 0. The van der Waals surface area contributed by atoms with Gasteiger partial charge in [-0.2, -0.15) is 0 Å². The third-order valence-electron chi connectivity index (χ3n) is 5.55. The van der Waals surface area contributed by atoms with E-state index in [0.717, 1.165) is 17.9 Å². The van der Waals surface area contributed by atoms with Crippen LogP contribution in [0, 0.1) is 11.8 Å². The maximum absolute atomic E-state index is 11.4. The number of carbonyl (C=O) groups is 2. The highest BCUT2D eigenvalue weighted by Crippen LogP contribution is 2.36. The summed E-state index contributed by atoms with van der Waals surface area (Å²) in [6.45, 7) is 14.5. The molecule has 2 aromatic rings. The van der Waals surface area contributed by atoms with Crippen molar-refractivity contribution in [1.82, 2.24) is 0 Å². The van der Waals surface area contributed by atoms with Crippen molar-refractivity contribution in [3.05, 3.63) is 70.7 Å². The minimum absolute atomic E-state index is 0.0224. The smallest absolute Gasteiger partial charge is 0.307 e. The molecule has 0 amide bonds. The van der Waals surface area contributed by atoms with Crippen LogP contribution in [0.5, 0.6) is 0 Å². The van der Waals surface area contributed by atoms with Gasteiger partial charge < -0.3 is 4.74 Å². The number of hydrogen-bond acceptors (Lipinski definition) is 3. The maximum atomic E-state index is 11.4. The first-order valence-corrected chi connectivity index (χ1v) is 13.2. The second-order valence-corrected chi connectivity index (χ2v) is 8.84. The van der Waals surface area contributed by atoms with Gasteiger partial charge in [-0.1, -0.05) is 121 Å². The average molecular weight is 489 g/mol. The zero-order valence-electron chi connectivity index (χ0n) is 22.3. The minimum atomic E-state index is -0.456. The predicted molar refractivity (Wildman–Crippen MR) is 145 cm³/mol. The molecule has 1 heterocycles. The van der Waals surface area contributed by atoms with E-state index in [0.29, 0.717) is 5.02 Å². The number of cyclic esters (lactones) is 1. The number of carbonyl (C=O) groups excluding carboxylic acids is 2. The van der Waals surface area contributed by atoms with Crippen molar-refractivity contribution < 1.29 is 14.3 Å². The standard InChI is InChI=1S/C12H11ClO3.C8H10.C8H18.C2H6/c1-7(14)10-6-11(15)16-12(10)8-2-4-9(13)5-3-8;1-2-8-6-4-3-5-7-8;1-4-6-8(3)7-5-2;1-2/h2-5,10,12H,6H2,1H3;3-7H,2H2,1H3;8H,4-7H2,1-3H3;1-2H3/t10-,12-;;;/m1.../s1. The van der Waals surface area contributed by atoms with Crippen molar-refractivity contribution in [2.24, 2.45) is 11.8 Å². The van der Waals surface area contributed by atoms with Crippen molar-refractivity contribution in [3.8, 4) is 0 Å². The summed E-state index contributed by atoms with van der Waals surface area (Å²) in [7, 11) is 0. The van der Waals surface area contributed by atoms with E-state index in [9.17, 15) is 9.59 Å². The number of esters is 1. The van der Waals surface area contributed by atoms with Crippen LogP contribution in [0.2, 0.25) is 5.02 Å². The summed E-state index contributed by atoms with van der Waals surface area (Å²) in [5.74, 6) is 0.254. The van der Waals surface area contributed by atoms with Gasteiger partial charge in [0, 0.05) is 5.02 Å². The second kappa shape index (κ2) is 19.2. The minimum Gasteiger partial charge on any atom is -0.457 e. The van der Waals surface area contributed by atoms with Crippen molar-refractivity contribution in [2.45, 2.75) is 93.1 Å². The molecule has 1 saturated heterocycles. The number of benzene rings is 2. The van der Waals surface area contributed by atoms with Gasteiger partial charge >= 0.3 is 5.97 Å². The van der Waals surface area contributed by atoms with Crippen LogP contribution in [0.25, 0.3) is 0 Å². The SMILES string of the molecule is CC.CC(=O)[C@H]1CC(=O)O[C@@H]1c1ccc(Cl)cc1.CCCC(C)CCC.CCc1ccccc1. The molecule has 34 heavy (non-hydrogen) atoms. The van der Waals surface area contributed by atoms with Gasteiger partial charge in [-0.15, -0.1) is 0 Å². The molecule has 2 aromatic carbocycles. The molecule has 1 aliphatic rings. The lowest BCUT2D eigenvalue weighted by Crippen LogP contribution is -2.15. The Bertz CT molecular complexity index is 780. The normalized spacial score (nSPS) is 16.2. The van der Waals surface area contributed by atoms with Gasteiger partial charge in [-0.05, 0) is 42.5 Å². The molecule has 1 aliphatic heterocycles. The third-order valence-corrected chi connectivity index (χ3v) is 5.80. The number of ether oxygens (including phenoxy) is 1. The molecule has 3 rings (SSSR count). The quantitative estimate of drug-likeness (QED) is 0.365. The lowest BCUT2D eigenvalue weighted by Gasteiger charge is -2.15. The molecule has 0 N–H and O–H groups in total. The van der Waals surface area contributed by atoms with Crippen LogP contribution in [-0.2, 0) is 20.7 Å². The molecule has 3 nitrogen and oxygen atoms in total. The van der Waals surface area contributed by atoms with E-state index in [1.165, 1.54) is 38.2 Å². The summed E-state index contributed by atoms with van der Waals surface area (Å²) in [6.07, 6.45) is 6.37. The molecule has 0 spiro atoms. The van der Waals surface area contributed by atoms with Gasteiger partial charge in [0.15, 0.2) is 0 Å². The zero-order valence-corrected chi connectivity index (χ0v) is 23.0. The van der Waals surface area contributed by atoms with Crippen LogP contribution in [0.4, 0.5) is 0 Å². The molecular formula is C30H45ClO3. The molecule has 0 bridgehead atoms. The molecule has 0 aliphatic carbocycles. The lowest BCUT2D eigenvalue weighted by molar-refractivity contribution is -0.141. The Morgan fingerprint density at radius 1 is 0.971 bits per heavy atom. The van der Waals surface area contributed by atoms with Crippen LogP contribution in [0.3, 0.4) is 0 Å². The van der Waals surface area contributed by atoms with E-state index in [-0.39, 0.29) is 24.1 Å². The third kappa shape index (κ3) is 12.9. The number of aryl methyl sites for hydroxylation is 1. The Morgan fingerprint density at radius 2 is 1.50 bits per heavy atom. The Labute approximate surface area is 213 Å². The van der Waals surface area contributed by atoms with Crippen molar-refractivity contribution >= 4 is 23.4 Å². The number of Topliss-reactive ketones (excluding diaryl/α,β-unsaturated/α-hetero) is 1. The highest BCUT2D eigenvalue weighted by atomic mass is 35.5. The number of halogens is 1. The summed E-state index contributed by atoms with van der Waals surface area (Å²) >= 11 is 5.77. The maximum Gasteiger partial charge on any atom is 0.307 e. The average Bonchev–Trinajstić information content (AvgIpc) is 3.24. The Hall–Kier alpha value is -2.13. The predicted octanol–water partition coefficient (Wildman–Crippen LogP) is 9.03. The van der Waals surface area contributed by atoms with Crippen LogP contribution >= 0.6 is 11.6 Å². The van der Waals surface area contributed by atoms with E-state index < -0.39 is 6.10 Å². The number of rotatable bonds is 7. The first-order chi connectivity index (χ1) is 16.3. The van der Waals surface area contributed by atoms with Crippen LogP contribution < -0.4 is 0 Å². The van der Waals surface area contributed by atoms with Gasteiger partial charge in [0.1, 0.15) is 11.9 Å². The van der Waals surface area contributed by atoms with Gasteiger partial charge in [0.05, 0.1) is 12.3 Å². The molecule has 4 heteroatoms. The Kier molecular flexibility index (Phi) is 18.0. The summed E-state index contributed by atoms with van der Waals surface area (Å²) in [5, 5.41) is 0.618. The summed E-state index contributed by atoms with van der Waals surface area (Å²) in [4.78, 5) is 22.6. The topological polar surface area (TPSA) is 43.4 Å². The van der Waals surface area contributed by atoms with Gasteiger partial charge in [0.25, 0.3) is 0 Å². The molecule has 0 aromatic heterocycles. The fraction of sp³-hybridized carbons (Fsp3) is 0.533. The molecular weight excluding hydrogens is 444 g/mol.